The third-order valence-corrected chi connectivity index (χ3v) is 2.86. The van der Waals surface area contributed by atoms with Crippen molar-refractivity contribution in [2.75, 3.05) is 6.54 Å². The summed E-state index contributed by atoms with van der Waals surface area (Å²) in [7, 11) is 0. The molecular weight excluding hydrogens is 239 g/mol. The molecule has 1 aromatic rings. The number of rotatable bonds is 6. The summed E-state index contributed by atoms with van der Waals surface area (Å²) in [6.07, 6.45) is -1.99. The first-order chi connectivity index (χ1) is 8.43. The molecule has 102 valence electrons. The Kier molecular flexibility index (Phi) is 5.66. The van der Waals surface area contributed by atoms with Crippen LogP contribution in [0.15, 0.2) is 24.3 Å². The van der Waals surface area contributed by atoms with Crippen molar-refractivity contribution in [3.63, 3.8) is 0 Å². The summed E-state index contributed by atoms with van der Waals surface area (Å²) < 4.78 is 37.5. The van der Waals surface area contributed by atoms with E-state index in [0.717, 1.165) is 25.5 Å². The maximum Gasteiger partial charge on any atom is 0.416 e. The molecule has 0 aromatic heterocycles. The Hall–Kier alpha value is -1.03. The van der Waals surface area contributed by atoms with E-state index < -0.39 is 11.7 Å². The molecule has 1 unspecified atom stereocenters. The molecule has 0 saturated heterocycles. The summed E-state index contributed by atoms with van der Waals surface area (Å²) in [4.78, 5) is 0. The lowest BCUT2D eigenvalue weighted by atomic mass is 10.1. The first-order valence-electron chi connectivity index (χ1n) is 6.30. The lowest BCUT2D eigenvalue weighted by Crippen LogP contribution is -2.20. The summed E-state index contributed by atoms with van der Waals surface area (Å²) in [6, 6.07) is 5.47. The van der Waals surface area contributed by atoms with Gasteiger partial charge in [0.1, 0.15) is 0 Å². The molecule has 0 spiro atoms. The highest BCUT2D eigenvalue weighted by molar-refractivity contribution is 5.25. The SMILES string of the molecule is CCCC(C)CNCc1cccc(C(F)(F)F)c1. The Balaban J connectivity index is 2.48. The number of alkyl halides is 3. The summed E-state index contributed by atoms with van der Waals surface area (Å²) in [5.74, 6) is 0.556. The standard InChI is InChI=1S/C14H20F3N/c1-3-5-11(2)9-18-10-12-6-4-7-13(8-12)14(15,16)17/h4,6-8,11,18H,3,5,9-10H2,1-2H3. The van der Waals surface area contributed by atoms with Crippen molar-refractivity contribution in [1.29, 1.82) is 0 Å². The Labute approximate surface area is 106 Å². The molecular formula is C14H20F3N. The summed E-state index contributed by atoms with van der Waals surface area (Å²) in [6.45, 7) is 5.59. The van der Waals surface area contributed by atoms with Gasteiger partial charge < -0.3 is 5.32 Å². The van der Waals surface area contributed by atoms with Crippen LogP contribution in [0.4, 0.5) is 13.2 Å². The first kappa shape index (κ1) is 15.0. The van der Waals surface area contributed by atoms with Crippen molar-refractivity contribution in [2.24, 2.45) is 5.92 Å². The quantitative estimate of drug-likeness (QED) is 0.806. The minimum atomic E-state index is -4.26. The maximum atomic E-state index is 12.5. The van der Waals surface area contributed by atoms with Gasteiger partial charge in [0.15, 0.2) is 0 Å². The molecule has 0 saturated carbocycles. The maximum absolute atomic E-state index is 12.5. The monoisotopic (exact) mass is 259 g/mol. The van der Waals surface area contributed by atoms with Crippen LogP contribution in [0.1, 0.15) is 37.8 Å². The van der Waals surface area contributed by atoms with Crippen molar-refractivity contribution in [3.05, 3.63) is 35.4 Å². The van der Waals surface area contributed by atoms with Crippen LogP contribution >= 0.6 is 0 Å². The fraction of sp³-hybridized carbons (Fsp3) is 0.571. The zero-order valence-corrected chi connectivity index (χ0v) is 10.8. The van der Waals surface area contributed by atoms with Crippen molar-refractivity contribution < 1.29 is 13.2 Å². The molecule has 1 nitrogen and oxygen atoms in total. The Bertz CT molecular complexity index is 360. The Morgan fingerprint density at radius 3 is 2.61 bits per heavy atom. The van der Waals surface area contributed by atoms with Crippen molar-refractivity contribution in [2.45, 2.75) is 39.4 Å². The number of benzene rings is 1. The second-order valence-corrected chi connectivity index (χ2v) is 4.72. The highest BCUT2D eigenvalue weighted by atomic mass is 19.4. The van der Waals surface area contributed by atoms with Crippen molar-refractivity contribution >= 4 is 0 Å². The molecule has 1 N–H and O–H groups in total. The fourth-order valence-electron chi connectivity index (χ4n) is 1.92. The van der Waals surface area contributed by atoms with Gasteiger partial charge in [-0.05, 0) is 30.5 Å². The minimum absolute atomic E-state index is 0.484. The van der Waals surface area contributed by atoms with E-state index >= 15 is 0 Å². The van der Waals surface area contributed by atoms with Gasteiger partial charge in [0, 0.05) is 6.54 Å². The van der Waals surface area contributed by atoms with Gasteiger partial charge in [-0.1, -0.05) is 38.5 Å². The predicted molar refractivity (Wildman–Crippen MR) is 67.2 cm³/mol. The largest absolute Gasteiger partial charge is 0.416 e. The highest BCUT2D eigenvalue weighted by Crippen LogP contribution is 2.29. The van der Waals surface area contributed by atoms with Gasteiger partial charge in [-0.15, -0.1) is 0 Å². The lowest BCUT2D eigenvalue weighted by molar-refractivity contribution is -0.137. The van der Waals surface area contributed by atoms with Crippen molar-refractivity contribution in [1.82, 2.24) is 5.32 Å². The van der Waals surface area contributed by atoms with Gasteiger partial charge >= 0.3 is 6.18 Å². The number of halogens is 3. The van der Waals surface area contributed by atoms with E-state index in [1.807, 2.05) is 0 Å². The molecule has 0 bridgehead atoms. The fourth-order valence-corrected chi connectivity index (χ4v) is 1.92. The van der Waals surface area contributed by atoms with E-state index in [-0.39, 0.29) is 0 Å². The Morgan fingerprint density at radius 2 is 2.00 bits per heavy atom. The molecule has 0 radical (unpaired) electrons. The molecule has 0 fully saturated rings. The molecule has 0 aliphatic rings. The minimum Gasteiger partial charge on any atom is -0.312 e. The van der Waals surface area contributed by atoms with E-state index in [9.17, 15) is 13.2 Å². The second kappa shape index (κ2) is 6.78. The second-order valence-electron chi connectivity index (χ2n) is 4.72. The van der Waals surface area contributed by atoms with E-state index in [1.54, 1.807) is 6.07 Å². The average molecular weight is 259 g/mol. The lowest BCUT2D eigenvalue weighted by Gasteiger charge is -2.12. The summed E-state index contributed by atoms with van der Waals surface area (Å²) in [5.41, 5.74) is 0.0944. The van der Waals surface area contributed by atoms with Crippen LogP contribution in [0.25, 0.3) is 0 Å². The third-order valence-electron chi connectivity index (χ3n) is 2.86. The van der Waals surface area contributed by atoms with Gasteiger partial charge in [-0.3, -0.25) is 0 Å². The average Bonchev–Trinajstić information content (AvgIpc) is 2.29. The van der Waals surface area contributed by atoms with Gasteiger partial charge in [0.25, 0.3) is 0 Å². The van der Waals surface area contributed by atoms with Crippen LogP contribution in [-0.2, 0) is 12.7 Å². The molecule has 0 aliphatic heterocycles. The molecule has 1 aromatic carbocycles. The first-order valence-corrected chi connectivity index (χ1v) is 6.30. The van der Waals surface area contributed by atoms with Crippen LogP contribution in [0.3, 0.4) is 0 Å². The van der Waals surface area contributed by atoms with E-state index in [1.165, 1.54) is 12.1 Å². The van der Waals surface area contributed by atoms with E-state index in [2.05, 4.69) is 19.2 Å². The highest BCUT2D eigenvalue weighted by Gasteiger charge is 2.30. The van der Waals surface area contributed by atoms with Crippen molar-refractivity contribution in [3.8, 4) is 0 Å². The molecule has 0 heterocycles. The van der Waals surface area contributed by atoms with Crippen LogP contribution < -0.4 is 5.32 Å². The topological polar surface area (TPSA) is 12.0 Å². The van der Waals surface area contributed by atoms with E-state index in [4.69, 9.17) is 0 Å². The Morgan fingerprint density at radius 1 is 1.28 bits per heavy atom. The number of hydrogen-bond donors (Lipinski definition) is 1. The molecule has 0 amide bonds. The van der Waals surface area contributed by atoms with Gasteiger partial charge in [-0.2, -0.15) is 13.2 Å². The van der Waals surface area contributed by atoms with Crippen LogP contribution in [0, 0.1) is 5.92 Å². The number of hydrogen-bond acceptors (Lipinski definition) is 1. The zero-order valence-electron chi connectivity index (χ0n) is 10.8. The molecule has 4 heteroatoms. The molecule has 0 aliphatic carbocycles. The van der Waals surface area contributed by atoms with Crippen LogP contribution in [0.5, 0.6) is 0 Å². The summed E-state index contributed by atoms with van der Waals surface area (Å²) in [5, 5.41) is 3.20. The van der Waals surface area contributed by atoms with Gasteiger partial charge in [-0.25, -0.2) is 0 Å². The van der Waals surface area contributed by atoms with E-state index in [0.29, 0.717) is 18.0 Å². The molecule has 1 atom stereocenters. The van der Waals surface area contributed by atoms with Crippen LogP contribution in [-0.4, -0.2) is 6.54 Å². The van der Waals surface area contributed by atoms with Crippen LogP contribution in [0.2, 0.25) is 0 Å². The third kappa shape index (κ3) is 5.08. The van der Waals surface area contributed by atoms with Gasteiger partial charge in [0.05, 0.1) is 5.56 Å². The summed E-state index contributed by atoms with van der Waals surface area (Å²) >= 11 is 0. The smallest absolute Gasteiger partial charge is 0.312 e. The number of nitrogens with one attached hydrogen (secondary N) is 1. The zero-order chi connectivity index (χ0) is 13.6. The normalized spacial score (nSPS) is 13.6. The molecule has 18 heavy (non-hydrogen) atoms. The molecule has 1 rings (SSSR count). The predicted octanol–water partition coefficient (Wildman–Crippen LogP) is 4.23. The van der Waals surface area contributed by atoms with Gasteiger partial charge in [0.2, 0.25) is 0 Å².